The fourth-order valence-electron chi connectivity index (χ4n) is 2.04. The highest BCUT2D eigenvalue weighted by atomic mass is 35.5. The molecule has 4 heteroatoms. The van der Waals surface area contributed by atoms with Crippen molar-refractivity contribution in [3.63, 3.8) is 0 Å². The monoisotopic (exact) mass is 257 g/mol. The van der Waals surface area contributed by atoms with Gasteiger partial charge in [-0.3, -0.25) is 0 Å². The van der Waals surface area contributed by atoms with E-state index in [-0.39, 0.29) is 16.4 Å². The van der Waals surface area contributed by atoms with Crippen molar-refractivity contribution in [1.82, 2.24) is 5.32 Å². The Morgan fingerprint density at radius 2 is 2.35 bits per heavy atom. The van der Waals surface area contributed by atoms with E-state index >= 15 is 0 Å². The molecule has 1 N–H and O–H groups in total. The zero-order valence-corrected chi connectivity index (χ0v) is 10.7. The first-order chi connectivity index (χ1) is 8.09. The number of piperidine rings is 1. The summed E-state index contributed by atoms with van der Waals surface area (Å²) >= 11 is 5.73. The van der Waals surface area contributed by atoms with Crippen molar-refractivity contribution in [2.24, 2.45) is 0 Å². The maximum atomic E-state index is 13.0. The van der Waals surface area contributed by atoms with Crippen molar-refractivity contribution in [2.45, 2.75) is 32.0 Å². The van der Waals surface area contributed by atoms with Gasteiger partial charge in [0.25, 0.3) is 0 Å². The summed E-state index contributed by atoms with van der Waals surface area (Å²) in [6, 6.07) is 4.71. The minimum atomic E-state index is -0.388. The lowest BCUT2D eigenvalue weighted by atomic mass is 9.96. The maximum Gasteiger partial charge on any atom is 0.141 e. The third kappa shape index (κ3) is 3.41. The second kappa shape index (κ2) is 5.34. The first kappa shape index (κ1) is 12.8. The SMILES string of the molecule is CC1(OCc2ccc(F)c(Cl)c2)CCCNC1. The first-order valence-electron chi connectivity index (χ1n) is 5.88. The summed E-state index contributed by atoms with van der Waals surface area (Å²) in [5.74, 6) is -0.388. The highest BCUT2D eigenvalue weighted by Gasteiger charge is 2.27. The van der Waals surface area contributed by atoms with E-state index in [0.29, 0.717) is 6.61 Å². The van der Waals surface area contributed by atoms with Crippen molar-refractivity contribution in [3.8, 4) is 0 Å². The van der Waals surface area contributed by atoms with Gasteiger partial charge in [0.05, 0.1) is 17.2 Å². The molecule has 0 bridgehead atoms. The van der Waals surface area contributed by atoms with Gasteiger partial charge in [0.15, 0.2) is 0 Å². The van der Waals surface area contributed by atoms with Crippen molar-refractivity contribution in [1.29, 1.82) is 0 Å². The van der Waals surface area contributed by atoms with Crippen LogP contribution in [0.2, 0.25) is 5.02 Å². The van der Waals surface area contributed by atoms with E-state index in [2.05, 4.69) is 12.2 Å². The van der Waals surface area contributed by atoms with Crippen LogP contribution >= 0.6 is 11.6 Å². The normalized spacial score (nSPS) is 24.9. The van der Waals surface area contributed by atoms with Gasteiger partial charge in [-0.15, -0.1) is 0 Å². The lowest BCUT2D eigenvalue weighted by Gasteiger charge is -2.34. The molecule has 1 aromatic carbocycles. The minimum Gasteiger partial charge on any atom is -0.369 e. The van der Waals surface area contributed by atoms with E-state index in [1.54, 1.807) is 12.1 Å². The lowest BCUT2D eigenvalue weighted by Crippen LogP contribution is -2.45. The zero-order valence-electron chi connectivity index (χ0n) is 9.93. The Hall–Kier alpha value is -0.640. The molecular weight excluding hydrogens is 241 g/mol. The van der Waals surface area contributed by atoms with E-state index in [1.807, 2.05) is 0 Å². The van der Waals surface area contributed by atoms with Crippen molar-refractivity contribution < 1.29 is 9.13 Å². The number of ether oxygens (including phenoxy) is 1. The number of hydrogen-bond donors (Lipinski definition) is 1. The Labute approximate surface area is 106 Å². The minimum absolute atomic E-state index is 0.126. The fraction of sp³-hybridized carbons (Fsp3) is 0.538. The smallest absolute Gasteiger partial charge is 0.141 e. The number of rotatable bonds is 3. The predicted octanol–water partition coefficient (Wildman–Crippen LogP) is 3.14. The topological polar surface area (TPSA) is 21.3 Å². The summed E-state index contributed by atoms with van der Waals surface area (Å²) in [4.78, 5) is 0. The molecule has 2 rings (SSSR count). The second-order valence-corrected chi connectivity index (χ2v) is 5.17. The molecular formula is C13H17ClFNO. The van der Waals surface area contributed by atoms with Gasteiger partial charge in [-0.05, 0) is 44.0 Å². The van der Waals surface area contributed by atoms with Crippen molar-refractivity contribution in [3.05, 3.63) is 34.6 Å². The van der Waals surface area contributed by atoms with Crippen LogP contribution in [-0.2, 0) is 11.3 Å². The van der Waals surface area contributed by atoms with Gasteiger partial charge in [-0.1, -0.05) is 17.7 Å². The summed E-state index contributed by atoms with van der Waals surface area (Å²) in [6.07, 6.45) is 2.18. The van der Waals surface area contributed by atoms with E-state index in [1.165, 1.54) is 6.07 Å². The third-order valence-corrected chi connectivity index (χ3v) is 3.42. The van der Waals surface area contributed by atoms with Gasteiger partial charge in [0.1, 0.15) is 5.82 Å². The Kier molecular flexibility index (Phi) is 4.02. The van der Waals surface area contributed by atoms with Crippen LogP contribution in [0, 0.1) is 5.82 Å². The Bertz CT molecular complexity index is 391. The summed E-state index contributed by atoms with van der Waals surface area (Å²) in [5, 5.41) is 3.47. The van der Waals surface area contributed by atoms with Crippen LogP contribution in [0.4, 0.5) is 4.39 Å². The van der Waals surface area contributed by atoms with Crippen LogP contribution < -0.4 is 5.32 Å². The summed E-state index contributed by atoms with van der Waals surface area (Å²) in [6.45, 7) is 4.49. The third-order valence-electron chi connectivity index (χ3n) is 3.13. The summed E-state index contributed by atoms with van der Waals surface area (Å²) in [5.41, 5.74) is 0.780. The molecule has 0 saturated carbocycles. The van der Waals surface area contributed by atoms with Gasteiger partial charge in [-0.2, -0.15) is 0 Å². The first-order valence-corrected chi connectivity index (χ1v) is 6.25. The number of halogens is 2. The molecule has 0 aliphatic carbocycles. The van der Waals surface area contributed by atoms with Gasteiger partial charge >= 0.3 is 0 Å². The Morgan fingerprint density at radius 1 is 1.53 bits per heavy atom. The number of hydrogen-bond acceptors (Lipinski definition) is 2. The van der Waals surface area contributed by atoms with Crippen LogP contribution in [0.25, 0.3) is 0 Å². The van der Waals surface area contributed by atoms with Crippen molar-refractivity contribution >= 4 is 11.6 Å². The summed E-state index contributed by atoms with van der Waals surface area (Å²) in [7, 11) is 0. The molecule has 1 aliphatic rings. The molecule has 2 nitrogen and oxygen atoms in total. The van der Waals surface area contributed by atoms with Crippen LogP contribution in [0.1, 0.15) is 25.3 Å². The molecule has 1 atom stereocenters. The fourth-order valence-corrected chi connectivity index (χ4v) is 2.24. The molecule has 1 unspecified atom stereocenters. The largest absolute Gasteiger partial charge is 0.369 e. The predicted molar refractivity (Wildman–Crippen MR) is 66.7 cm³/mol. The molecule has 1 aromatic rings. The Balaban J connectivity index is 1.94. The maximum absolute atomic E-state index is 13.0. The van der Waals surface area contributed by atoms with E-state index < -0.39 is 0 Å². The highest BCUT2D eigenvalue weighted by Crippen LogP contribution is 2.23. The molecule has 0 aromatic heterocycles. The van der Waals surface area contributed by atoms with E-state index in [0.717, 1.165) is 31.5 Å². The average Bonchev–Trinajstić information content (AvgIpc) is 2.32. The van der Waals surface area contributed by atoms with Gasteiger partial charge in [0.2, 0.25) is 0 Å². The van der Waals surface area contributed by atoms with Gasteiger partial charge < -0.3 is 10.1 Å². The molecule has 1 saturated heterocycles. The number of nitrogens with one attached hydrogen (secondary N) is 1. The quantitative estimate of drug-likeness (QED) is 0.898. The summed E-state index contributed by atoms with van der Waals surface area (Å²) < 4.78 is 18.9. The van der Waals surface area contributed by atoms with Crippen molar-refractivity contribution in [2.75, 3.05) is 13.1 Å². The molecule has 17 heavy (non-hydrogen) atoms. The molecule has 1 aliphatic heterocycles. The van der Waals surface area contributed by atoms with E-state index in [4.69, 9.17) is 16.3 Å². The van der Waals surface area contributed by atoms with Gasteiger partial charge in [-0.25, -0.2) is 4.39 Å². The Morgan fingerprint density at radius 3 is 3.00 bits per heavy atom. The van der Waals surface area contributed by atoms with E-state index in [9.17, 15) is 4.39 Å². The molecule has 1 fully saturated rings. The zero-order chi connectivity index (χ0) is 12.3. The van der Waals surface area contributed by atoms with Gasteiger partial charge in [0, 0.05) is 6.54 Å². The molecule has 0 spiro atoms. The van der Waals surface area contributed by atoms with Crippen LogP contribution in [-0.4, -0.2) is 18.7 Å². The van der Waals surface area contributed by atoms with Crippen LogP contribution in [0.3, 0.4) is 0 Å². The molecule has 1 heterocycles. The molecule has 0 amide bonds. The van der Waals surface area contributed by atoms with Crippen LogP contribution in [0.15, 0.2) is 18.2 Å². The number of benzene rings is 1. The standard InChI is InChI=1S/C13H17ClFNO/c1-13(5-2-6-16-9-13)17-8-10-3-4-12(15)11(14)7-10/h3-4,7,16H,2,5-6,8-9H2,1H3. The molecule has 0 radical (unpaired) electrons. The highest BCUT2D eigenvalue weighted by molar-refractivity contribution is 6.30. The van der Waals surface area contributed by atoms with Crippen LogP contribution in [0.5, 0.6) is 0 Å². The second-order valence-electron chi connectivity index (χ2n) is 4.77. The lowest BCUT2D eigenvalue weighted by molar-refractivity contribution is -0.0571. The molecule has 94 valence electrons. The average molecular weight is 258 g/mol.